The summed E-state index contributed by atoms with van der Waals surface area (Å²) < 4.78 is 5.31. The van der Waals surface area contributed by atoms with Crippen LogP contribution in [0.4, 0.5) is 0 Å². The Morgan fingerprint density at radius 1 is 1.14 bits per heavy atom. The van der Waals surface area contributed by atoms with Gasteiger partial charge < -0.3 is 10.1 Å². The fourth-order valence-corrected chi connectivity index (χ4v) is 3.24. The van der Waals surface area contributed by atoms with Gasteiger partial charge in [0, 0.05) is 32.8 Å². The van der Waals surface area contributed by atoms with E-state index in [4.69, 9.17) is 4.74 Å². The van der Waals surface area contributed by atoms with Crippen molar-refractivity contribution < 1.29 is 4.74 Å². The van der Waals surface area contributed by atoms with Crippen molar-refractivity contribution in [3.63, 3.8) is 0 Å². The molecule has 1 saturated heterocycles. The van der Waals surface area contributed by atoms with Crippen LogP contribution in [0.3, 0.4) is 0 Å². The molecule has 2 fully saturated rings. The lowest BCUT2D eigenvalue weighted by Gasteiger charge is -2.32. The Morgan fingerprint density at radius 2 is 1.90 bits per heavy atom. The molecular formula is C18H28N2O. The van der Waals surface area contributed by atoms with E-state index in [0.29, 0.717) is 5.92 Å². The molecule has 0 spiro atoms. The third-order valence-electron chi connectivity index (χ3n) is 4.61. The van der Waals surface area contributed by atoms with Crippen LogP contribution < -0.4 is 5.32 Å². The summed E-state index contributed by atoms with van der Waals surface area (Å²) in [6, 6.07) is 9.94. The minimum atomic E-state index is 0.714. The van der Waals surface area contributed by atoms with Gasteiger partial charge in [0.1, 0.15) is 0 Å². The van der Waals surface area contributed by atoms with Gasteiger partial charge in [0.05, 0.1) is 6.61 Å². The molecule has 3 heteroatoms. The molecule has 1 aromatic carbocycles. The quantitative estimate of drug-likeness (QED) is 0.835. The van der Waals surface area contributed by atoms with Crippen LogP contribution in [0.15, 0.2) is 24.3 Å². The van der Waals surface area contributed by atoms with Gasteiger partial charge in [-0.15, -0.1) is 0 Å². The summed E-state index contributed by atoms with van der Waals surface area (Å²) in [5.41, 5.74) is 2.84. The summed E-state index contributed by atoms with van der Waals surface area (Å²) in [4.78, 5) is 2.57. The Balaban J connectivity index is 1.47. The summed E-state index contributed by atoms with van der Waals surface area (Å²) in [6.07, 6.45) is 5.33. The molecule has 0 aromatic heterocycles. The van der Waals surface area contributed by atoms with Crippen LogP contribution >= 0.6 is 0 Å². The Hall–Kier alpha value is -0.900. The molecule has 1 aliphatic carbocycles. The van der Waals surface area contributed by atoms with E-state index in [9.17, 15) is 0 Å². The number of likely N-dealkylation sites (tertiary alicyclic amines) is 1. The van der Waals surface area contributed by atoms with Gasteiger partial charge in [0.25, 0.3) is 0 Å². The second-order valence-corrected chi connectivity index (χ2v) is 6.67. The molecule has 21 heavy (non-hydrogen) atoms. The molecule has 1 N–H and O–H groups in total. The van der Waals surface area contributed by atoms with Gasteiger partial charge in [-0.1, -0.05) is 24.3 Å². The first-order valence-electron chi connectivity index (χ1n) is 8.36. The van der Waals surface area contributed by atoms with Crippen LogP contribution in [-0.2, 0) is 17.8 Å². The third kappa shape index (κ3) is 4.80. The fourth-order valence-electron chi connectivity index (χ4n) is 3.24. The Morgan fingerprint density at radius 3 is 2.62 bits per heavy atom. The number of benzene rings is 1. The monoisotopic (exact) mass is 288 g/mol. The number of hydrogen-bond donors (Lipinski definition) is 1. The van der Waals surface area contributed by atoms with E-state index in [1.54, 1.807) is 0 Å². The predicted octanol–water partition coefficient (Wildman–Crippen LogP) is 2.80. The second kappa shape index (κ2) is 7.39. The van der Waals surface area contributed by atoms with Gasteiger partial charge in [-0.2, -0.15) is 0 Å². The van der Waals surface area contributed by atoms with E-state index in [0.717, 1.165) is 25.7 Å². The average molecular weight is 288 g/mol. The van der Waals surface area contributed by atoms with Crippen molar-refractivity contribution in [3.8, 4) is 0 Å². The lowest BCUT2D eigenvalue weighted by atomic mass is 9.98. The Labute approximate surface area is 128 Å². The minimum absolute atomic E-state index is 0.714. The number of ether oxygens (including phenoxy) is 1. The van der Waals surface area contributed by atoms with Crippen molar-refractivity contribution in [2.24, 2.45) is 5.92 Å². The van der Waals surface area contributed by atoms with E-state index in [1.807, 2.05) is 7.11 Å². The smallest absolute Gasteiger partial charge is 0.0502 e. The highest BCUT2D eigenvalue weighted by molar-refractivity contribution is 5.22. The lowest BCUT2D eigenvalue weighted by Crippen LogP contribution is -2.36. The zero-order valence-corrected chi connectivity index (χ0v) is 13.2. The minimum Gasteiger partial charge on any atom is -0.384 e. The van der Waals surface area contributed by atoms with Gasteiger partial charge in [-0.3, -0.25) is 4.90 Å². The van der Waals surface area contributed by atoms with Gasteiger partial charge in [0.15, 0.2) is 0 Å². The zero-order valence-electron chi connectivity index (χ0n) is 13.2. The molecule has 1 unspecified atom stereocenters. The summed E-state index contributed by atoms with van der Waals surface area (Å²) >= 11 is 0. The molecule has 1 heterocycles. The Bertz CT molecular complexity index is 425. The fraction of sp³-hybridized carbons (Fsp3) is 0.667. The van der Waals surface area contributed by atoms with Crippen LogP contribution in [0, 0.1) is 5.92 Å². The Kier molecular flexibility index (Phi) is 5.28. The maximum absolute atomic E-state index is 5.31. The highest BCUT2D eigenvalue weighted by Gasteiger charge is 2.20. The highest BCUT2D eigenvalue weighted by Crippen LogP contribution is 2.20. The van der Waals surface area contributed by atoms with E-state index in [2.05, 4.69) is 34.5 Å². The molecular weight excluding hydrogens is 260 g/mol. The third-order valence-corrected chi connectivity index (χ3v) is 4.61. The van der Waals surface area contributed by atoms with Crippen molar-refractivity contribution in [1.29, 1.82) is 0 Å². The van der Waals surface area contributed by atoms with Gasteiger partial charge in [-0.05, 0) is 49.3 Å². The van der Waals surface area contributed by atoms with Crippen LogP contribution in [-0.4, -0.2) is 37.7 Å². The van der Waals surface area contributed by atoms with E-state index in [1.165, 1.54) is 49.9 Å². The van der Waals surface area contributed by atoms with Crippen LogP contribution in [0.25, 0.3) is 0 Å². The number of piperidine rings is 1. The topological polar surface area (TPSA) is 24.5 Å². The molecule has 116 valence electrons. The molecule has 2 aliphatic rings. The van der Waals surface area contributed by atoms with E-state index in [-0.39, 0.29) is 0 Å². The summed E-state index contributed by atoms with van der Waals surface area (Å²) in [6.45, 7) is 5.41. The maximum Gasteiger partial charge on any atom is 0.0502 e. The van der Waals surface area contributed by atoms with Crippen molar-refractivity contribution in [1.82, 2.24) is 10.2 Å². The first-order chi connectivity index (χ1) is 10.3. The summed E-state index contributed by atoms with van der Waals surface area (Å²) in [5.74, 6) is 0.714. The van der Waals surface area contributed by atoms with E-state index < -0.39 is 0 Å². The summed E-state index contributed by atoms with van der Waals surface area (Å²) in [5, 5.41) is 3.57. The van der Waals surface area contributed by atoms with Gasteiger partial charge in [-0.25, -0.2) is 0 Å². The van der Waals surface area contributed by atoms with Crippen molar-refractivity contribution in [2.75, 3.05) is 26.8 Å². The van der Waals surface area contributed by atoms with E-state index >= 15 is 0 Å². The predicted molar refractivity (Wildman–Crippen MR) is 86.2 cm³/mol. The van der Waals surface area contributed by atoms with Crippen LogP contribution in [0.1, 0.15) is 36.8 Å². The number of nitrogens with one attached hydrogen (secondary N) is 1. The van der Waals surface area contributed by atoms with Crippen molar-refractivity contribution >= 4 is 0 Å². The molecule has 0 bridgehead atoms. The van der Waals surface area contributed by atoms with Gasteiger partial charge in [0.2, 0.25) is 0 Å². The number of nitrogens with zero attached hydrogens (tertiary/aromatic N) is 1. The largest absolute Gasteiger partial charge is 0.384 e. The first kappa shape index (κ1) is 15.0. The first-order valence-corrected chi connectivity index (χ1v) is 8.36. The zero-order chi connectivity index (χ0) is 14.5. The number of methoxy groups -OCH3 is 1. The molecule has 0 radical (unpaired) electrons. The normalized spacial score (nSPS) is 23.4. The lowest BCUT2D eigenvalue weighted by molar-refractivity contribution is 0.0874. The SMILES string of the molecule is COCC1CCCN(Cc2ccc(CNC3CC3)cc2)C1. The van der Waals surface area contributed by atoms with Crippen LogP contribution in [0.2, 0.25) is 0 Å². The molecule has 1 aliphatic heterocycles. The molecule has 1 saturated carbocycles. The summed E-state index contributed by atoms with van der Waals surface area (Å²) in [7, 11) is 1.81. The molecule has 3 nitrogen and oxygen atoms in total. The average Bonchev–Trinajstić information content (AvgIpc) is 3.32. The number of hydrogen-bond acceptors (Lipinski definition) is 3. The van der Waals surface area contributed by atoms with Crippen molar-refractivity contribution in [3.05, 3.63) is 35.4 Å². The molecule has 1 aromatic rings. The second-order valence-electron chi connectivity index (χ2n) is 6.67. The highest BCUT2D eigenvalue weighted by atomic mass is 16.5. The van der Waals surface area contributed by atoms with Crippen molar-refractivity contribution in [2.45, 2.75) is 44.8 Å². The molecule has 1 atom stereocenters. The van der Waals surface area contributed by atoms with Crippen LogP contribution in [0.5, 0.6) is 0 Å². The molecule has 0 amide bonds. The van der Waals surface area contributed by atoms with Gasteiger partial charge >= 0.3 is 0 Å². The molecule has 3 rings (SSSR count). The maximum atomic E-state index is 5.31. The number of rotatable bonds is 7. The standard InChI is InChI=1S/C18H28N2O/c1-21-14-17-3-2-10-20(13-17)12-16-6-4-15(5-7-16)11-19-18-8-9-18/h4-7,17-19H,2-3,8-14H2,1H3.